The van der Waals surface area contributed by atoms with Crippen LogP contribution in [0, 0.1) is 6.42 Å². The lowest BCUT2D eigenvalue weighted by Gasteiger charge is -2.12. The van der Waals surface area contributed by atoms with Crippen molar-refractivity contribution in [3.63, 3.8) is 0 Å². The molecule has 121 valence electrons. The summed E-state index contributed by atoms with van der Waals surface area (Å²) in [5.41, 5.74) is 8.37. The van der Waals surface area contributed by atoms with Crippen molar-refractivity contribution in [1.29, 1.82) is 0 Å². The third-order valence-electron chi connectivity index (χ3n) is 3.52. The second-order valence-electron chi connectivity index (χ2n) is 5.59. The number of carbonyl (C=O) groups excluding carboxylic acids is 1. The van der Waals surface area contributed by atoms with Gasteiger partial charge >= 0.3 is 0 Å². The quantitative estimate of drug-likeness (QED) is 0.658. The highest BCUT2D eigenvalue weighted by molar-refractivity contribution is 5.76. The number of nitrogens with two attached hydrogens (primary N) is 1. The van der Waals surface area contributed by atoms with Gasteiger partial charge in [-0.25, -0.2) is 0 Å². The number of hydrogen-bond acceptors (Lipinski definition) is 3. The van der Waals surface area contributed by atoms with Crippen LogP contribution in [0.5, 0.6) is 0 Å². The zero-order chi connectivity index (χ0) is 16.5. The van der Waals surface area contributed by atoms with Crippen LogP contribution in [0.1, 0.15) is 16.7 Å². The Bertz CT molecular complexity index is 614. The van der Waals surface area contributed by atoms with Gasteiger partial charge in [0.05, 0.1) is 12.5 Å². The molecule has 0 unspecified atom stereocenters. The molecule has 0 aliphatic carbocycles. The van der Waals surface area contributed by atoms with Crippen LogP contribution in [0.2, 0.25) is 0 Å². The Morgan fingerprint density at radius 1 is 1.09 bits per heavy atom. The highest BCUT2D eigenvalue weighted by atomic mass is 16.3. The Kier molecular flexibility index (Phi) is 6.78. The first-order chi connectivity index (χ1) is 11.1. The molecule has 0 saturated carbocycles. The smallest absolute Gasteiger partial charge is 0.221 e. The summed E-state index contributed by atoms with van der Waals surface area (Å²) >= 11 is 0. The Morgan fingerprint density at radius 3 is 2.52 bits per heavy atom. The van der Waals surface area contributed by atoms with Crippen molar-refractivity contribution < 1.29 is 9.90 Å². The Hall–Kier alpha value is -2.17. The highest BCUT2D eigenvalue weighted by Gasteiger charge is 2.05. The monoisotopic (exact) mass is 311 g/mol. The lowest BCUT2D eigenvalue weighted by Crippen LogP contribution is -2.27. The van der Waals surface area contributed by atoms with Crippen molar-refractivity contribution in [2.75, 3.05) is 6.54 Å². The molecule has 1 atom stereocenters. The fourth-order valence-electron chi connectivity index (χ4n) is 2.38. The lowest BCUT2D eigenvalue weighted by atomic mass is 10.1. The minimum absolute atomic E-state index is 0.251. The van der Waals surface area contributed by atoms with E-state index in [2.05, 4.69) is 5.32 Å². The maximum Gasteiger partial charge on any atom is 0.221 e. The van der Waals surface area contributed by atoms with Gasteiger partial charge in [0.1, 0.15) is 0 Å². The van der Waals surface area contributed by atoms with E-state index in [1.807, 2.05) is 61.0 Å². The maximum absolute atomic E-state index is 10.9. The van der Waals surface area contributed by atoms with Crippen molar-refractivity contribution in [2.45, 2.75) is 25.5 Å². The molecule has 0 saturated heterocycles. The predicted molar refractivity (Wildman–Crippen MR) is 91.5 cm³/mol. The van der Waals surface area contributed by atoms with Gasteiger partial charge in [-0.2, -0.15) is 0 Å². The van der Waals surface area contributed by atoms with Crippen LogP contribution in [-0.2, 0) is 24.2 Å². The Morgan fingerprint density at radius 2 is 1.78 bits per heavy atom. The molecule has 1 amide bonds. The summed E-state index contributed by atoms with van der Waals surface area (Å²) in [5, 5.41) is 13.2. The van der Waals surface area contributed by atoms with E-state index in [9.17, 15) is 9.90 Å². The van der Waals surface area contributed by atoms with Crippen LogP contribution >= 0.6 is 0 Å². The van der Waals surface area contributed by atoms with E-state index in [0.29, 0.717) is 13.1 Å². The van der Waals surface area contributed by atoms with Crippen molar-refractivity contribution in [2.24, 2.45) is 5.73 Å². The van der Waals surface area contributed by atoms with Gasteiger partial charge in [-0.15, -0.1) is 0 Å². The molecular formula is C19H23N2O2. The standard InChI is InChI=1S/C19H23N2O2/c20-19(23)12-16-7-4-8-17(11-16)13-21-14-18(22)10-9-15-5-2-1-3-6-15/h1-8,10-11,18,21-22H,9,12-14H2,(H2,20,23)/t18-/m1/s1. The molecular weight excluding hydrogens is 288 g/mol. The zero-order valence-electron chi connectivity index (χ0n) is 13.1. The van der Waals surface area contributed by atoms with E-state index in [4.69, 9.17) is 5.73 Å². The molecule has 0 spiro atoms. The number of hydrogen-bond donors (Lipinski definition) is 3. The number of carbonyl (C=O) groups is 1. The molecule has 4 nitrogen and oxygen atoms in total. The molecule has 2 aromatic rings. The molecule has 2 aromatic carbocycles. The lowest BCUT2D eigenvalue weighted by molar-refractivity contribution is -0.117. The second kappa shape index (κ2) is 9.08. The van der Waals surface area contributed by atoms with Gasteiger partial charge in [-0.3, -0.25) is 4.79 Å². The average molecular weight is 311 g/mol. The van der Waals surface area contributed by atoms with E-state index in [1.165, 1.54) is 5.56 Å². The van der Waals surface area contributed by atoms with Gasteiger partial charge in [0.25, 0.3) is 0 Å². The van der Waals surface area contributed by atoms with Gasteiger partial charge in [0.2, 0.25) is 5.91 Å². The van der Waals surface area contributed by atoms with E-state index in [1.54, 1.807) is 0 Å². The first-order valence-corrected chi connectivity index (χ1v) is 7.75. The summed E-state index contributed by atoms with van der Waals surface area (Å²) in [4.78, 5) is 10.9. The van der Waals surface area contributed by atoms with Crippen LogP contribution in [0.25, 0.3) is 0 Å². The van der Waals surface area contributed by atoms with Gasteiger partial charge < -0.3 is 16.2 Å². The van der Waals surface area contributed by atoms with E-state index < -0.39 is 6.10 Å². The average Bonchev–Trinajstić information content (AvgIpc) is 2.54. The fraction of sp³-hybridized carbons (Fsp3) is 0.263. The van der Waals surface area contributed by atoms with Crippen LogP contribution in [-0.4, -0.2) is 23.7 Å². The van der Waals surface area contributed by atoms with E-state index in [0.717, 1.165) is 17.5 Å². The van der Waals surface area contributed by atoms with Crippen molar-refractivity contribution >= 4 is 5.91 Å². The SMILES string of the molecule is NC(=O)Cc1cccc(CNC[C@H](O)[CH]Cc2ccccc2)c1. The molecule has 4 heteroatoms. The Balaban J connectivity index is 1.71. The number of primary amides is 1. The summed E-state index contributed by atoms with van der Waals surface area (Å²) in [7, 11) is 0. The van der Waals surface area contributed by atoms with Gasteiger partial charge in [-0.1, -0.05) is 54.6 Å². The van der Waals surface area contributed by atoms with E-state index >= 15 is 0 Å². The minimum atomic E-state index is -0.496. The molecule has 0 aliphatic rings. The highest BCUT2D eigenvalue weighted by Crippen LogP contribution is 2.07. The number of benzene rings is 2. The van der Waals surface area contributed by atoms with Crippen molar-refractivity contribution in [3.05, 3.63) is 77.7 Å². The van der Waals surface area contributed by atoms with Crippen molar-refractivity contribution in [1.82, 2.24) is 5.32 Å². The molecule has 23 heavy (non-hydrogen) atoms. The van der Waals surface area contributed by atoms with Crippen LogP contribution in [0.4, 0.5) is 0 Å². The third kappa shape index (κ3) is 6.63. The van der Waals surface area contributed by atoms with Crippen LogP contribution in [0.3, 0.4) is 0 Å². The normalized spacial score (nSPS) is 12.0. The van der Waals surface area contributed by atoms with Crippen molar-refractivity contribution in [3.8, 4) is 0 Å². The van der Waals surface area contributed by atoms with Gasteiger partial charge in [-0.05, 0) is 29.5 Å². The maximum atomic E-state index is 10.9. The number of nitrogens with one attached hydrogen (secondary N) is 1. The third-order valence-corrected chi connectivity index (χ3v) is 3.52. The van der Waals surface area contributed by atoms with Crippen LogP contribution < -0.4 is 11.1 Å². The topological polar surface area (TPSA) is 75.4 Å². The molecule has 4 N–H and O–H groups in total. The summed E-state index contributed by atoms with van der Waals surface area (Å²) in [6.07, 6.45) is 2.40. The van der Waals surface area contributed by atoms with Crippen LogP contribution in [0.15, 0.2) is 54.6 Å². The molecule has 0 bridgehead atoms. The molecule has 0 heterocycles. The number of amides is 1. The van der Waals surface area contributed by atoms with Gasteiger partial charge in [0.15, 0.2) is 0 Å². The molecule has 2 rings (SSSR count). The van der Waals surface area contributed by atoms with E-state index in [-0.39, 0.29) is 12.3 Å². The first-order valence-electron chi connectivity index (χ1n) is 7.75. The summed E-state index contributed by atoms with van der Waals surface area (Å²) in [6.45, 7) is 1.13. The fourth-order valence-corrected chi connectivity index (χ4v) is 2.38. The number of aliphatic hydroxyl groups is 1. The van der Waals surface area contributed by atoms with Gasteiger partial charge in [0, 0.05) is 13.1 Å². The summed E-state index contributed by atoms with van der Waals surface area (Å²) in [5.74, 6) is -0.332. The zero-order valence-corrected chi connectivity index (χ0v) is 13.1. The number of aliphatic hydroxyl groups excluding tert-OH is 1. The predicted octanol–water partition coefficient (Wildman–Crippen LogP) is 1.61. The largest absolute Gasteiger partial charge is 0.391 e. The summed E-state index contributed by atoms with van der Waals surface area (Å²) < 4.78 is 0. The first kappa shape index (κ1) is 17.2. The Labute approximate surface area is 137 Å². The molecule has 1 radical (unpaired) electrons. The summed E-state index contributed by atoms with van der Waals surface area (Å²) in [6, 6.07) is 17.8. The second-order valence-corrected chi connectivity index (χ2v) is 5.59. The molecule has 0 fully saturated rings. The number of rotatable bonds is 9. The molecule has 0 aromatic heterocycles. The minimum Gasteiger partial charge on any atom is -0.391 e. The molecule has 0 aliphatic heterocycles.